The third-order valence-electron chi connectivity index (χ3n) is 7.70. The summed E-state index contributed by atoms with van der Waals surface area (Å²) in [5.74, 6) is 0.586. The van der Waals surface area contributed by atoms with Crippen LogP contribution in [0.4, 0.5) is 4.39 Å². The van der Waals surface area contributed by atoms with Crippen molar-refractivity contribution in [1.29, 1.82) is 0 Å². The fraction of sp³-hybridized carbons (Fsp3) is 0.500. The third kappa shape index (κ3) is 5.03. The highest BCUT2D eigenvalue weighted by Gasteiger charge is 2.31. The fourth-order valence-electron chi connectivity index (χ4n) is 5.84. The van der Waals surface area contributed by atoms with E-state index < -0.39 is 0 Å². The van der Waals surface area contributed by atoms with Gasteiger partial charge in [-0.1, -0.05) is 25.3 Å². The van der Waals surface area contributed by atoms with Crippen LogP contribution in [0.1, 0.15) is 74.5 Å². The second-order valence-electron chi connectivity index (χ2n) is 9.78. The first-order valence-corrected chi connectivity index (χ1v) is 12.5. The van der Waals surface area contributed by atoms with Gasteiger partial charge in [-0.15, -0.1) is 0 Å². The summed E-state index contributed by atoms with van der Waals surface area (Å²) in [7, 11) is 0. The fourth-order valence-corrected chi connectivity index (χ4v) is 5.84. The number of carbonyl (C=O) groups excluding carboxylic acids is 1. The highest BCUT2D eigenvalue weighted by atomic mass is 19.1. The zero-order valence-electron chi connectivity index (χ0n) is 19.2. The number of nitrogens with zero attached hydrogens (tertiary/aromatic N) is 2. The normalized spacial score (nSPS) is 19.7. The van der Waals surface area contributed by atoms with E-state index in [1.807, 2.05) is 24.3 Å². The zero-order chi connectivity index (χ0) is 22.6. The molecule has 3 aromatic rings. The van der Waals surface area contributed by atoms with Gasteiger partial charge >= 0.3 is 0 Å². The lowest BCUT2D eigenvalue weighted by Gasteiger charge is -2.33. The lowest BCUT2D eigenvalue weighted by atomic mass is 9.79. The highest BCUT2D eigenvalue weighted by molar-refractivity contribution is 5.87. The number of carbonyl (C=O) groups is 1. The van der Waals surface area contributed by atoms with Gasteiger partial charge in [-0.2, -0.15) is 0 Å². The average molecular weight is 449 g/mol. The van der Waals surface area contributed by atoms with Gasteiger partial charge in [-0.25, -0.2) is 4.39 Å². The lowest BCUT2D eigenvalue weighted by Crippen LogP contribution is -2.35. The van der Waals surface area contributed by atoms with Crippen molar-refractivity contribution >= 4 is 16.8 Å². The van der Waals surface area contributed by atoms with Crippen molar-refractivity contribution in [2.24, 2.45) is 5.92 Å². The number of likely N-dealkylation sites (tertiary alicyclic amines) is 1. The van der Waals surface area contributed by atoms with Crippen LogP contribution in [-0.2, 0) is 4.79 Å². The Labute approximate surface area is 195 Å². The van der Waals surface area contributed by atoms with Crippen LogP contribution in [0.3, 0.4) is 0 Å². The van der Waals surface area contributed by atoms with E-state index in [-0.39, 0.29) is 17.7 Å². The van der Waals surface area contributed by atoms with E-state index in [2.05, 4.69) is 9.88 Å². The largest absolute Gasteiger partial charge is 0.464 e. The molecule has 0 N–H and O–H groups in total. The van der Waals surface area contributed by atoms with E-state index in [9.17, 15) is 9.18 Å². The van der Waals surface area contributed by atoms with Gasteiger partial charge in [0.15, 0.2) is 0 Å². The summed E-state index contributed by atoms with van der Waals surface area (Å²) in [4.78, 5) is 20.4. The van der Waals surface area contributed by atoms with Crippen LogP contribution in [0.25, 0.3) is 11.0 Å². The Morgan fingerprint density at radius 3 is 2.67 bits per heavy atom. The molecule has 0 amide bonds. The Hall–Kier alpha value is -2.53. The summed E-state index contributed by atoms with van der Waals surface area (Å²) in [6.45, 7) is 2.80. The Bertz CT molecular complexity index is 1070. The van der Waals surface area contributed by atoms with Crippen LogP contribution in [0.2, 0.25) is 0 Å². The predicted octanol–water partition coefficient (Wildman–Crippen LogP) is 6.47. The van der Waals surface area contributed by atoms with E-state index in [0.29, 0.717) is 11.7 Å². The van der Waals surface area contributed by atoms with Crippen molar-refractivity contribution < 1.29 is 13.6 Å². The molecule has 2 fully saturated rings. The van der Waals surface area contributed by atoms with E-state index in [1.54, 1.807) is 24.6 Å². The number of aromatic nitrogens is 1. The quantitative estimate of drug-likeness (QED) is 0.416. The van der Waals surface area contributed by atoms with Gasteiger partial charge in [0.05, 0.1) is 17.9 Å². The van der Waals surface area contributed by atoms with Crippen molar-refractivity contribution in [1.82, 2.24) is 9.88 Å². The minimum Gasteiger partial charge on any atom is -0.464 e. The van der Waals surface area contributed by atoms with Gasteiger partial charge in [0.2, 0.25) is 0 Å². The van der Waals surface area contributed by atoms with Crippen molar-refractivity contribution in [3.63, 3.8) is 0 Å². The molecule has 0 radical (unpaired) electrons. The number of halogens is 1. The molecule has 1 aliphatic heterocycles. The first kappa shape index (κ1) is 22.3. The molecule has 0 bridgehead atoms. The Kier molecular flexibility index (Phi) is 6.86. The molecule has 2 aliphatic rings. The van der Waals surface area contributed by atoms with Crippen LogP contribution < -0.4 is 0 Å². The number of Topliss-reactive ketones (excluding diaryl/α,β-unsaturated/α-hetero) is 1. The molecule has 174 valence electrons. The Morgan fingerprint density at radius 2 is 1.91 bits per heavy atom. The van der Waals surface area contributed by atoms with Crippen LogP contribution in [-0.4, -0.2) is 35.3 Å². The summed E-state index contributed by atoms with van der Waals surface area (Å²) < 4.78 is 19.8. The number of hydrogen-bond acceptors (Lipinski definition) is 4. The molecule has 3 heterocycles. The molecule has 1 unspecified atom stereocenters. The number of piperidine rings is 1. The molecule has 5 rings (SSSR count). The van der Waals surface area contributed by atoms with Gasteiger partial charge in [-0.05, 0) is 88.0 Å². The molecule has 4 nitrogen and oxygen atoms in total. The SMILES string of the molecule is O=C(C1CCCCC1)C(CCN1CCC(c2cc(F)cc3ccoc23)CC1)c1ccccn1. The molecular weight excluding hydrogens is 415 g/mol. The molecule has 0 spiro atoms. The Balaban J connectivity index is 1.22. The lowest BCUT2D eigenvalue weighted by molar-refractivity contribution is -0.125. The Morgan fingerprint density at radius 1 is 1.09 bits per heavy atom. The molecular formula is C28H33FN2O2. The average Bonchev–Trinajstić information content (AvgIpc) is 3.33. The second kappa shape index (κ2) is 10.2. The number of fused-ring (bicyclic) bond motifs is 1. The molecule has 1 saturated carbocycles. The van der Waals surface area contributed by atoms with Crippen LogP contribution in [0.5, 0.6) is 0 Å². The van der Waals surface area contributed by atoms with Gasteiger partial charge in [0.25, 0.3) is 0 Å². The number of furan rings is 1. The third-order valence-corrected chi connectivity index (χ3v) is 7.70. The zero-order valence-corrected chi connectivity index (χ0v) is 19.2. The smallest absolute Gasteiger partial charge is 0.145 e. The van der Waals surface area contributed by atoms with E-state index in [0.717, 1.165) is 74.0 Å². The monoisotopic (exact) mass is 448 g/mol. The maximum Gasteiger partial charge on any atom is 0.145 e. The van der Waals surface area contributed by atoms with Crippen LogP contribution in [0.15, 0.2) is 53.3 Å². The van der Waals surface area contributed by atoms with Gasteiger partial charge in [-0.3, -0.25) is 9.78 Å². The summed E-state index contributed by atoms with van der Waals surface area (Å²) in [5.41, 5.74) is 2.74. The topological polar surface area (TPSA) is 46.3 Å². The number of pyridine rings is 1. The van der Waals surface area contributed by atoms with Crippen molar-refractivity contribution in [2.75, 3.05) is 19.6 Å². The first-order valence-electron chi connectivity index (χ1n) is 12.5. The number of hydrogen-bond donors (Lipinski definition) is 0. The van der Waals surface area contributed by atoms with E-state index in [1.165, 1.54) is 19.3 Å². The molecule has 33 heavy (non-hydrogen) atoms. The molecule has 1 atom stereocenters. The minimum atomic E-state index is -0.194. The number of benzene rings is 1. The van der Waals surface area contributed by atoms with Crippen molar-refractivity contribution in [3.8, 4) is 0 Å². The molecule has 5 heteroatoms. The van der Waals surface area contributed by atoms with Gasteiger partial charge < -0.3 is 9.32 Å². The predicted molar refractivity (Wildman–Crippen MR) is 128 cm³/mol. The van der Waals surface area contributed by atoms with Crippen molar-refractivity contribution in [3.05, 3.63) is 65.9 Å². The molecule has 2 aromatic heterocycles. The van der Waals surface area contributed by atoms with Crippen LogP contribution >= 0.6 is 0 Å². The molecule has 1 saturated heterocycles. The summed E-state index contributed by atoms with van der Waals surface area (Å²) in [6.07, 6.45) is 11.9. The summed E-state index contributed by atoms with van der Waals surface area (Å²) in [6, 6.07) is 10.9. The van der Waals surface area contributed by atoms with Crippen LogP contribution in [0, 0.1) is 11.7 Å². The summed E-state index contributed by atoms with van der Waals surface area (Å²) in [5, 5.41) is 0.840. The van der Waals surface area contributed by atoms with Crippen molar-refractivity contribution in [2.45, 2.75) is 63.2 Å². The van der Waals surface area contributed by atoms with Gasteiger partial charge in [0.1, 0.15) is 17.2 Å². The summed E-state index contributed by atoms with van der Waals surface area (Å²) >= 11 is 0. The van der Waals surface area contributed by atoms with E-state index >= 15 is 0 Å². The number of ketones is 1. The van der Waals surface area contributed by atoms with Gasteiger partial charge in [0, 0.05) is 23.1 Å². The van der Waals surface area contributed by atoms with E-state index in [4.69, 9.17) is 4.42 Å². The maximum atomic E-state index is 14.1. The second-order valence-corrected chi connectivity index (χ2v) is 9.78. The molecule has 1 aromatic carbocycles. The highest BCUT2D eigenvalue weighted by Crippen LogP contribution is 2.35. The maximum absolute atomic E-state index is 14.1. The first-order chi connectivity index (χ1) is 16.2. The number of rotatable bonds is 7. The minimum absolute atomic E-state index is 0.113. The molecule has 1 aliphatic carbocycles. The standard InChI is InChI=1S/C28H33FN2O2/c29-23-18-22-12-17-33-28(22)25(19-23)20-9-14-31(15-10-20)16-11-24(26-8-4-5-13-30-26)27(32)21-6-2-1-3-7-21/h4-5,8,12-13,17-21,24H,1-3,6-7,9-11,14-16H2.